The van der Waals surface area contributed by atoms with E-state index in [-0.39, 0.29) is 24.2 Å². The highest BCUT2D eigenvalue weighted by Gasteiger charge is 2.28. The van der Waals surface area contributed by atoms with E-state index in [1.54, 1.807) is 0 Å². The number of carbonyl (C=O) groups excluding carboxylic acids is 1. The van der Waals surface area contributed by atoms with Crippen LogP contribution in [0.4, 0.5) is 0 Å². The summed E-state index contributed by atoms with van der Waals surface area (Å²) in [6.45, 7) is 8.01. The standard InChI is InChI=1S/C15H22N2O3/c1-9(17-14(18)13(16)15(2,3)4)10-5-6-11-12(7-10)20-8-19-11/h5-7,9,13H,8,16H2,1-4H3,(H,17,18)/t9?,13-/m1/s1. The van der Waals surface area contributed by atoms with Crippen LogP contribution in [0.3, 0.4) is 0 Å². The van der Waals surface area contributed by atoms with Gasteiger partial charge in [0.2, 0.25) is 12.7 Å². The molecule has 0 saturated carbocycles. The Kier molecular flexibility index (Phi) is 3.90. The molecule has 0 bridgehead atoms. The smallest absolute Gasteiger partial charge is 0.237 e. The second-order valence-electron chi connectivity index (χ2n) is 6.19. The van der Waals surface area contributed by atoms with Crippen molar-refractivity contribution in [1.29, 1.82) is 0 Å². The first-order valence-corrected chi connectivity index (χ1v) is 6.74. The van der Waals surface area contributed by atoms with Gasteiger partial charge in [0.25, 0.3) is 0 Å². The molecule has 5 heteroatoms. The molecule has 1 heterocycles. The minimum absolute atomic E-state index is 0.134. The van der Waals surface area contributed by atoms with E-state index in [9.17, 15) is 4.79 Å². The number of ether oxygens (including phenoxy) is 2. The molecule has 5 nitrogen and oxygen atoms in total. The van der Waals surface area contributed by atoms with Gasteiger partial charge in [-0.15, -0.1) is 0 Å². The fourth-order valence-electron chi connectivity index (χ4n) is 1.96. The van der Waals surface area contributed by atoms with E-state index in [4.69, 9.17) is 15.2 Å². The fraction of sp³-hybridized carbons (Fsp3) is 0.533. The number of carbonyl (C=O) groups is 1. The molecule has 3 N–H and O–H groups in total. The van der Waals surface area contributed by atoms with Gasteiger partial charge in [0.1, 0.15) is 0 Å². The molecular formula is C15H22N2O3. The van der Waals surface area contributed by atoms with Crippen molar-refractivity contribution >= 4 is 5.91 Å². The molecule has 2 rings (SSSR count). The summed E-state index contributed by atoms with van der Waals surface area (Å²) in [5, 5.41) is 2.93. The Morgan fingerprint density at radius 1 is 1.30 bits per heavy atom. The summed E-state index contributed by atoms with van der Waals surface area (Å²) in [6.07, 6.45) is 0. The summed E-state index contributed by atoms with van der Waals surface area (Å²) < 4.78 is 10.6. The predicted molar refractivity (Wildman–Crippen MR) is 76.6 cm³/mol. The van der Waals surface area contributed by atoms with E-state index in [0.717, 1.165) is 11.3 Å². The molecule has 110 valence electrons. The van der Waals surface area contributed by atoms with Crippen molar-refractivity contribution in [2.45, 2.75) is 39.8 Å². The molecule has 1 aromatic rings. The van der Waals surface area contributed by atoms with Crippen LogP contribution in [-0.2, 0) is 4.79 Å². The van der Waals surface area contributed by atoms with Crippen LogP contribution in [0.5, 0.6) is 11.5 Å². The van der Waals surface area contributed by atoms with E-state index in [1.807, 2.05) is 45.9 Å². The van der Waals surface area contributed by atoms with Crippen molar-refractivity contribution < 1.29 is 14.3 Å². The second kappa shape index (κ2) is 5.32. The normalized spacial score (nSPS) is 16.6. The highest BCUT2D eigenvalue weighted by atomic mass is 16.7. The van der Waals surface area contributed by atoms with Crippen LogP contribution in [0.25, 0.3) is 0 Å². The van der Waals surface area contributed by atoms with Gasteiger partial charge in [-0.1, -0.05) is 26.8 Å². The molecule has 1 aliphatic rings. The Bertz CT molecular complexity index is 508. The molecule has 2 atom stereocenters. The van der Waals surface area contributed by atoms with Crippen LogP contribution in [0.2, 0.25) is 0 Å². The van der Waals surface area contributed by atoms with Crippen LogP contribution < -0.4 is 20.5 Å². The maximum absolute atomic E-state index is 12.1. The van der Waals surface area contributed by atoms with Crippen LogP contribution >= 0.6 is 0 Å². The fourth-order valence-corrected chi connectivity index (χ4v) is 1.96. The summed E-state index contributed by atoms with van der Waals surface area (Å²) in [5.41, 5.74) is 6.65. The van der Waals surface area contributed by atoms with E-state index >= 15 is 0 Å². The molecule has 0 aromatic heterocycles. The van der Waals surface area contributed by atoms with E-state index in [1.165, 1.54) is 0 Å². The topological polar surface area (TPSA) is 73.6 Å². The van der Waals surface area contributed by atoms with Gasteiger partial charge >= 0.3 is 0 Å². The van der Waals surface area contributed by atoms with Crippen LogP contribution in [0, 0.1) is 5.41 Å². The van der Waals surface area contributed by atoms with E-state index in [2.05, 4.69) is 5.32 Å². The zero-order valence-electron chi connectivity index (χ0n) is 12.4. The first-order chi connectivity index (χ1) is 9.29. The number of hydrogen-bond donors (Lipinski definition) is 2. The number of rotatable bonds is 3. The monoisotopic (exact) mass is 278 g/mol. The molecule has 0 radical (unpaired) electrons. The van der Waals surface area contributed by atoms with Gasteiger partial charge in [-0.3, -0.25) is 4.79 Å². The molecule has 0 fully saturated rings. The van der Waals surface area contributed by atoms with Gasteiger partial charge in [-0.2, -0.15) is 0 Å². The lowest BCUT2D eigenvalue weighted by Crippen LogP contribution is -2.49. The number of fused-ring (bicyclic) bond motifs is 1. The average molecular weight is 278 g/mol. The molecule has 20 heavy (non-hydrogen) atoms. The van der Waals surface area contributed by atoms with Gasteiger partial charge in [0.15, 0.2) is 11.5 Å². The third kappa shape index (κ3) is 3.04. The predicted octanol–water partition coefficient (Wildman–Crippen LogP) is 1.97. The third-order valence-corrected chi connectivity index (χ3v) is 3.47. The maximum atomic E-state index is 12.1. The second-order valence-corrected chi connectivity index (χ2v) is 6.19. The largest absolute Gasteiger partial charge is 0.454 e. The quantitative estimate of drug-likeness (QED) is 0.886. The Morgan fingerprint density at radius 2 is 1.95 bits per heavy atom. The highest BCUT2D eigenvalue weighted by molar-refractivity contribution is 5.82. The van der Waals surface area contributed by atoms with Crippen molar-refractivity contribution in [1.82, 2.24) is 5.32 Å². The lowest BCUT2D eigenvalue weighted by molar-refractivity contribution is -0.125. The zero-order chi connectivity index (χ0) is 14.9. The zero-order valence-corrected chi connectivity index (χ0v) is 12.4. The van der Waals surface area contributed by atoms with Crippen LogP contribution in [0.15, 0.2) is 18.2 Å². The Balaban J connectivity index is 2.05. The summed E-state index contributed by atoms with van der Waals surface area (Å²) >= 11 is 0. The number of nitrogens with one attached hydrogen (secondary N) is 1. The SMILES string of the molecule is CC(NC(=O)[C@@H](N)C(C)(C)C)c1ccc2c(c1)OCO2. The van der Waals surface area contributed by atoms with Crippen molar-refractivity contribution in [3.8, 4) is 11.5 Å². The van der Waals surface area contributed by atoms with Gasteiger partial charge in [-0.25, -0.2) is 0 Å². The molecular weight excluding hydrogens is 256 g/mol. The lowest BCUT2D eigenvalue weighted by Gasteiger charge is -2.27. The number of amides is 1. The van der Waals surface area contributed by atoms with Crippen molar-refractivity contribution in [2.75, 3.05) is 6.79 Å². The molecule has 1 aromatic carbocycles. The molecule has 0 spiro atoms. The highest BCUT2D eigenvalue weighted by Crippen LogP contribution is 2.34. The van der Waals surface area contributed by atoms with Crippen molar-refractivity contribution in [3.05, 3.63) is 23.8 Å². The first-order valence-electron chi connectivity index (χ1n) is 6.74. The first kappa shape index (κ1) is 14.7. The summed E-state index contributed by atoms with van der Waals surface area (Å²) in [7, 11) is 0. The number of benzene rings is 1. The minimum atomic E-state index is -0.543. The molecule has 1 unspecified atom stereocenters. The summed E-state index contributed by atoms with van der Waals surface area (Å²) in [5.74, 6) is 1.30. The molecule has 1 amide bonds. The summed E-state index contributed by atoms with van der Waals surface area (Å²) in [4.78, 5) is 12.1. The van der Waals surface area contributed by atoms with Gasteiger partial charge in [0, 0.05) is 0 Å². The Morgan fingerprint density at radius 3 is 2.60 bits per heavy atom. The molecule has 0 aliphatic carbocycles. The van der Waals surface area contributed by atoms with Crippen LogP contribution in [0.1, 0.15) is 39.3 Å². The summed E-state index contributed by atoms with van der Waals surface area (Å²) in [6, 6.07) is 4.98. The van der Waals surface area contributed by atoms with E-state index in [0.29, 0.717) is 5.75 Å². The number of nitrogens with two attached hydrogens (primary N) is 1. The van der Waals surface area contributed by atoms with Gasteiger partial charge < -0.3 is 20.5 Å². The van der Waals surface area contributed by atoms with E-state index < -0.39 is 6.04 Å². The Hall–Kier alpha value is -1.75. The molecule has 1 aliphatic heterocycles. The maximum Gasteiger partial charge on any atom is 0.237 e. The number of hydrogen-bond acceptors (Lipinski definition) is 4. The van der Waals surface area contributed by atoms with Gasteiger partial charge in [-0.05, 0) is 30.0 Å². The minimum Gasteiger partial charge on any atom is -0.454 e. The lowest BCUT2D eigenvalue weighted by atomic mass is 9.86. The Labute approximate surface area is 119 Å². The van der Waals surface area contributed by atoms with Gasteiger partial charge in [0.05, 0.1) is 12.1 Å². The average Bonchev–Trinajstić information content (AvgIpc) is 2.83. The molecule has 0 saturated heterocycles. The van der Waals surface area contributed by atoms with Crippen molar-refractivity contribution in [3.63, 3.8) is 0 Å². The van der Waals surface area contributed by atoms with Crippen LogP contribution in [-0.4, -0.2) is 18.7 Å². The van der Waals surface area contributed by atoms with Crippen molar-refractivity contribution in [2.24, 2.45) is 11.1 Å². The third-order valence-electron chi connectivity index (χ3n) is 3.47.